The van der Waals surface area contributed by atoms with Gasteiger partial charge < -0.3 is 18.9 Å². The first-order valence-electron chi connectivity index (χ1n) is 16.6. The number of rotatable bonds is 6. The average molecular weight is 698 g/mol. The smallest absolute Gasteiger partial charge is 0.308 e. The minimum Gasteiger partial charge on any atom is -0.426 e. The van der Waals surface area contributed by atoms with Crippen molar-refractivity contribution in [1.29, 1.82) is 0 Å². The zero-order valence-electron chi connectivity index (χ0n) is 29.1. The van der Waals surface area contributed by atoms with Crippen molar-refractivity contribution in [1.82, 2.24) is 4.98 Å². The molecule has 0 amide bonds. The third kappa shape index (κ3) is 8.44. The third-order valence-corrected chi connectivity index (χ3v) is 8.20. The van der Waals surface area contributed by atoms with Gasteiger partial charge >= 0.3 is 23.9 Å². The van der Waals surface area contributed by atoms with Gasteiger partial charge in [0.2, 0.25) is 0 Å². The van der Waals surface area contributed by atoms with Crippen LogP contribution in [0.2, 0.25) is 0 Å². The van der Waals surface area contributed by atoms with Crippen LogP contribution in [0.1, 0.15) is 72.2 Å². The molecule has 1 aliphatic carbocycles. The van der Waals surface area contributed by atoms with Gasteiger partial charge in [-0.1, -0.05) is 54.6 Å². The fourth-order valence-corrected chi connectivity index (χ4v) is 6.25. The zero-order valence-corrected chi connectivity index (χ0v) is 29.1. The normalized spacial score (nSPS) is 12.2. The number of pyridine rings is 1. The van der Waals surface area contributed by atoms with Gasteiger partial charge in [-0.15, -0.1) is 5.11 Å². The molecule has 4 aromatic carbocycles. The summed E-state index contributed by atoms with van der Waals surface area (Å²) in [6.07, 6.45) is 4.03. The first kappa shape index (κ1) is 35.3. The van der Waals surface area contributed by atoms with E-state index in [1.807, 2.05) is 54.6 Å². The molecule has 11 nitrogen and oxygen atoms in total. The molecule has 5 aromatic rings. The Balaban J connectivity index is 1.65. The molecular formula is C41H35N3O8. The number of hydrogen-bond acceptors (Lipinski definition) is 11. The Kier molecular flexibility index (Phi) is 10.6. The Labute approximate surface area is 300 Å². The van der Waals surface area contributed by atoms with Crippen LogP contribution in [0.15, 0.2) is 101 Å². The van der Waals surface area contributed by atoms with Crippen molar-refractivity contribution in [3.8, 4) is 23.0 Å². The van der Waals surface area contributed by atoms with Gasteiger partial charge in [-0.05, 0) is 57.6 Å². The Bertz CT molecular complexity index is 2120. The van der Waals surface area contributed by atoms with E-state index in [-0.39, 0.29) is 25.7 Å². The molecule has 1 aromatic heterocycles. The second kappa shape index (κ2) is 15.6. The summed E-state index contributed by atoms with van der Waals surface area (Å²) < 4.78 is 23.5. The topological polar surface area (TPSA) is 143 Å². The van der Waals surface area contributed by atoms with E-state index >= 15 is 0 Å². The van der Waals surface area contributed by atoms with Crippen LogP contribution in [0.5, 0.6) is 23.0 Å². The van der Waals surface area contributed by atoms with Crippen molar-refractivity contribution in [2.24, 2.45) is 10.2 Å². The molecule has 262 valence electrons. The summed E-state index contributed by atoms with van der Waals surface area (Å²) in [6.45, 7) is 5.31. The second-order valence-electron chi connectivity index (χ2n) is 12.3. The van der Waals surface area contributed by atoms with Gasteiger partial charge in [0.05, 0.1) is 11.9 Å². The number of para-hydroxylation sites is 3. The van der Waals surface area contributed by atoms with Crippen LogP contribution in [0.25, 0.3) is 0 Å². The summed E-state index contributed by atoms with van der Waals surface area (Å²) in [5.41, 5.74) is 6.08. The van der Waals surface area contributed by atoms with Gasteiger partial charge in [-0.2, -0.15) is 5.11 Å². The van der Waals surface area contributed by atoms with Gasteiger partial charge in [-0.3, -0.25) is 24.2 Å². The molecule has 0 unspecified atom stereocenters. The second-order valence-corrected chi connectivity index (χ2v) is 12.3. The summed E-state index contributed by atoms with van der Waals surface area (Å²) in [6, 6.07) is 23.7. The first-order chi connectivity index (χ1) is 25.0. The summed E-state index contributed by atoms with van der Waals surface area (Å²) in [7, 11) is 0. The standard InChI is InChI=1S/C41H35N3O8/c1-24(45)49-38-28-9-5-10-29(38)18-31-12-7-14-33(40(31)51-26(3)47)20-35-22-37(44-43-36-15-8-16-42-23-36)21-34(41(35)52-27(4)48)19-32-13-6-11-30(17-28)39(32)50-25(2)46/h5-16,21-23H,17-20H2,1-4H3. The van der Waals surface area contributed by atoms with Crippen molar-refractivity contribution >= 4 is 35.3 Å². The van der Waals surface area contributed by atoms with Gasteiger partial charge in [0, 0.05) is 70.7 Å². The van der Waals surface area contributed by atoms with Crippen molar-refractivity contribution in [3.05, 3.63) is 136 Å². The zero-order chi connectivity index (χ0) is 36.8. The van der Waals surface area contributed by atoms with Crippen molar-refractivity contribution in [2.75, 3.05) is 0 Å². The number of hydrogen-bond donors (Lipinski definition) is 0. The number of benzene rings is 4. The lowest BCUT2D eigenvalue weighted by Gasteiger charge is -2.21. The van der Waals surface area contributed by atoms with E-state index in [4.69, 9.17) is 18.9 Å². The Hall–Kier alpha value is -6.49. The van der Waals surface area contributed by atoms with Gasteiger partial charge in [0.1, 0.15) is 28.7 Å². The number of azo groups is 1. The number of carbonyl (C=O) groups is 4. The van der Waals surface area contributed by atoms with Crippen LogP contribution < -0.4 is 18.9 Å². The highest BCUT2D eigenvalue weighted by atomic mass is 16.5. The molecule has 0 radical (unpaired) electrons. The molecule has 0 atom stereocenters. The Morgan fingerprint density at radius 2 is 0.788 bits per heavy atom. The maximum absolute atomic E-state index is 12.6. The Morgan fingerprint density at radius 3 is 1.12 bits per heavy atom. The average Bonchev–Trinajstić information content (AvgIpc) is 3.08. The molecule has 0 saturated heterocycles. The van der Waals surface area contributed by atoms with E-state index in [9.17, 15) is 19.2 Å². The third-order valence-electron chi connectivity index (χ3n) is 8.20. The lowest BCUT2D eigenvalue weighted by molar-refractivity contribution is -0.132. The van der Waals surface area contributed by atoms with Crippen molar-refractivity contribution in [2.45, 2.75) is 53.4 Å². The number of ether oxygens (including phenoxy) is 4. The van der Waals surface area contributed by atoms with Gasteiger partial charge in [-0.25, -0.2) is 0 Å². The van der Waals surface area contributed by atoms with Gasteiger partial charge in [0.25, 0.3) is 0 Å². The predicted octanol–water partition coefficient (Wildman–Crippen LogP) is 7.87. The number of esters is 4. The molecule has 0 N–H and O–H groups in total. The van der Waals surface area contributed by atoms with Crippen LogP contribution >= 0.6 is 0 Å². The number of carbonyl (C=O) groups excluding carboxylic acids is 4. The van der Waals surface area contributed by atoms with E-state index in [1.54, 1.807) is 36.7 Å². The minimum atomic E-state index is -0.541. The summed E-state index contributed by atoms with van der Waals surface area (Å²) in [5.74, 6) is -0.753. The summed E-state index contributed by atoms with van der Waals surface area (Å²) in [5, 5.41) is 8.89. The molecule has 0 saturated carbocycles. The number of fused-ring (bicyclic) bond motifs is 8. The minimum absolute atomic E-state index is 0.163. The fraction of sp³-hybridized carbons (Fsp3) is 0.195. The highest BCUT2D eigenvalue weighted by Gasteiger charge is 2.24. The van der Waals surface area contributed by atoms with Crippen molar-refractivity contribution in [3.63, 3.8) is 0 Å². The maximum atomic E-state index is 12.6. The van der Waals surface area contributed by atoms with Crippen molar-refractivity contribution < 1.29 is 38.1 Å². The first-order valence-corrected chi connectivity index (χ1v) is 16.6. The van der Waals surface area contributed by atoms with E-state index in [0.717, 1.165) is 0 Å². The van der Waals surface area contributed by atoms with E-state index in [2.05, 4.69) is 15.2 Å². The highest BCUT2D eigenvalue weighted by Crippen LogP contribution is 2.40. The molecule has 1 aliphatic rings. The number of aromatic nitrogens is 1. The fourth-order valence-electron chi connectivity index (χ4n) is 6.25. The van der Waals surface area contributed by atoms with E-state index in [0.29, 0.717) is 78.9 Å². The van der Waals surface area contributed by atoms with Crippen LogP contribution in [0.4, 0.5) is 11.4 Å². The van der Waals surface area contributed by atoms with Crippen LogP contribution in [0, 0.1) is 0 Å². The highest BCUT2D eigenvalue weighted by molar-refractivity contribution is 5.75. The Morgan fingerprint density at radius 1 is 0.462 bits per heavy atom. The molecule has 52 heavy (non-hydrogen) atoms. The molecule has 0 aliphatic heterocycles. The van der Waals surface area contributed by atoms with E-state index < -0.39 is 23.9 Å². The molecular weight excluding hydrogens is 662 g/mol. The SMILES string of the molecule is CC(=O)Oc1c2cccc1Cc1cccc(c1OC(C)=O)Cc1cc(N=Nc3cccnc3)cc(c1OC(C)=O)Cc1cccc(c1OC(C)=O)C2. The lowest BCUT2D eigenvalue weighted by atomic mass is 9.91. The summed E-state index contributed by atoms with van der Waals surface area (Å²) >= 11 is 0. The molecule has 0 fully saturated rings. The van der Waals surface area contributed by atoms with Crippen LogP contribution in [-0.2, 0) is 44.9 Å². The molecule has 1 heterocycles. The largest absolute Gasteiger partial charge is 0.426 e. The predicted molar refractivity (Wildman–Crippen MR) is 191 cm³/mol. The summed E-state index contributed by atoms with van der Waals surface area (Å²) in [4.78, 5) is 54.3. The molecule has 0 spiro atoms. The van der Waals surface area contributed by atoms with Crippen LogP contribution in [0.3, 0.4) is 0 Å². The lowest BCUT2D eigenvalue weighted by Crippen LogP contribution is -2.12. The van der Waals surface area contributed by atoms with E-state index in [1.165, 1.54) is 27.7 Å². The monoisotopic (exact) mass is 697 g/mol. The quantitative estimate of drug-likeness (QED) is 0.0965. The van der Waals surface area contributed by atoms with Gasteiger partial charge in [0.15, 0.2) is 0 Å². The maximum Gasteiger partial charge on any atom is 0.308 e. The van der Waals surface area contributed by atoms with Crippen LogP contribution in [-0.4, -0.2) is 28.9 Å². The molecule has 11 heteroatoms. The molecule has 8 bridgehead atoms. The number of nitrogens with zero attached hydrogens (tertiary/aromatic N) is 3. The molecule has 6 rings (SSSR count).